The maximum absolute atomic E-state index is 9.70. The molecule has 1 fully saturated rings. The van der Waals surface area contributed by atoms with Crippen molar-refractivity contribution in [1.29, 1.82) is 5.41 Å². The standard InChI is InChI=1S/C8H13N5O4/c9-6(10)7-11-2-13(12-7)8-5(16)4(15)3(1-14)17-8/h2-5,8,14-16H,1H2,(H3,9,10)/t3-,4-,5?,8-/m1/s1. The van der Waals surface area contributed by atoms with Crippen LogP contribution in [0, 0.1) is 5.41 Å². The van der Waals surface area contributed by atoms with Gasteiger partial charge in [-0.05, 0) is 0 Å². The molecular weight excluding hydrogens is 230 g/mol. The highest BCUT2D eigenvalue weighted by Gasteiger charge is 2.43. The van der Waals surface area contributed by atoms with Gasteiger partial charge in [0.1, 0.15) is 24.6 Å². The maximum atomic E-state index is 9.70. The second-order valence-corrected chi connectivity index (χ2v) is 3.69. The molecule has 17 heavy (non-hydrogen) atoms. The first-order valence-corrected chi connectivity index (χ1v) is 4.92. The molecular formula is C8H13N5O4. The Morgan fingerprint density at radius 3 is 2.71 bits per heavy atom. The Labute approximate surface area is 96.0 Å². The minimum atomic E-state index is -1.23. The Morgan fingerprint density at radius 1 is 1.53 bits per heavy atom. The van der Waals surface area contributed by atoms with Crippen molar-refractivity contribution >= 4 is 5.84 Å². The molecule has 0 amide bonds. The van der Waals surface area contributed by atoms with Crippen molar-refractivity contribution in [2.45, 2.75) is 24.5 Å². The summed E-state index contributed by atoms with van der Waals surface area (Å²) in [6.45, 7) is -0.414. The lowest BCUT2D eigenvalue weighted by atomic mass is 10.1. The first-order valence-electron chi connectivity index (χ1n) is 4.92. The van der Waals surface area contributed by atoms with Gasteiger partial charge in [0.05, 0.1) is 6.61 Å². The molecule has 6 N–H and O–H groups in total. The zero-order chi connectivity index (χ0) is 12.6. The maximum Gasteiger partial charge on any atom is 0.215 e. The second kappa shape index (κ2) is 4.37. The van der Waals surface area contributed by atoms with Crippen LogP contribution in [0.3, 0.4) is 0 Å². The van der Waals surface area contributed by atoms with E-state index < -0.39 is 31.1 Å². The van der Waals surface area contributed by atoms with Gasteiger partial charge in [-0.3, -0.25) is 5.41 Å². The molecule has 9 nitrogen and oxygen atoms in total. The summed E-state index contributed by atoms with van der Waals surface area (Å²) in [6, 6.07) is 0. The highest BCUT2D eigenvalue weighted by atomic mass is 16.6. The Kier molecular flexibility index (Phi) is 3.07. The van der Waals surface area contributed by atoms with E-state index in [1.807, 2.05) is 0 Å². The molecule has 0 aromatic carbocycles. The van der Waals surface area contributed by atoms with E-state index in [-0.39, 0.29) is 11.7 Å². The van der Waals surface area contributed by atoms with E-state index in [9.17, 15) is 10.2 Å². The molecule has 1 aliphatic rings. The lowest BCUT2D eigenvalue weighted by molar-refractivity contribution is -0.0588. The van der Waals surface area contributed by atoms with Gasteiger partial charge in [0.2, 0.25) is 5.82 Å². The van der Waals surface area contributed by atoms with Crippen molar-refractivity contribution in [1.82, 2.24) is 14.8 Å². The van der Waals surface area contributed by atoms with Crippen LogP contribution in [-0.2, 0) is 4.74 Å². The lowest BCUT2D eigenvalue weighted by Crippen LogP contribution is -2.33. The third-order valence-electron chi connectivity index (χ3n) is 2.53. The molecule has 0 bridgehead atoms. The fourth-order valence-electron chi connectivity index (χ4n) is 1.62. The van der Waals surface area contributed by atoms with Gasteiger partial charge in [-0.1, -0.05) is 0 Å². The Morgan fingerprint density at radius 2 is 2.24 bits per heavy atom. The van der Waals surface area contributed by atoms with Gasteiger partial charge < -0.3 is 25.8 Å². The van der Waals surface area contributed by atoms with E-state index in [4.69, 9.17) is 21.0 Å². The summed E-state index contributed by atoms with van der Waals surface area (Å²) in [7, 11) is 0. The molecule has 0 aliphatic carbocycles. The summed E-state index contributed by atoms with van der Waals surface area (Å²) < 4.78 is 6.37. The number of hydrogen-bond acceptors (Lipinski definition) is 7. The number of nitrogen functional groups attached to an aromatic ring is 1. The first-order chi connectivity index (χ1) is 8.04. The predicted octanol–water partition coefficient (Wildman–Crippen LogP) is -2.83. The van der Waals surface area contributed by atoms with Gasteiger partial charge in [-0.15, -0.1) is 5.10 Å². The summed E-state index contributed by atoms with van der Waals surface area (Å²) >= 11 is 0. The van der Waals surface area contributed by atoms with Gasteiger partial charge >= 0.3 is 0 Å². The molecule has 1 aromatic rings. The summed E-state index contributed by atoms with van der Waals surface area (Å²) in [6.07, 6.45) is -3.02. The van der Waals surface area contributed by atoms with E-state index in [1.54, 1.807) is 0 Å². The molecule has 0 radical (unpaired) electrons. The van der Waals surface area contributed by atoms with Crippen LogP contribution < -0.4 is 5.73 Å². The van der Waals surface area contributed by atoms with E-state index in [0.717, 1.165) is 4.68 Å². The van der Waals surface area contributed by atoms with Crippen molar-refractivity contribution in [3.63, 3.8) is 0 Å². The van der Waals surface area contributed by atoms with Crippen LogP contribution in [0.25, 0.3) is 0 Å². The van der Waals surface area contributed by atoms with Crippen LogP contribution in [-0.4, -0.2) is 60.8 Å². The molecule has 0 spiro atoms. The number of nitrogens with zero attached hydrogens (tertiary/aromatic N) is 3. The van der Waals surface area contributed by atoms with Crippen molar-refractivity contribution in [3.8, 4) is 0 Å². The number of hydrogen-bond donors (Lipinski definition) is 5. The second-order valence-electron chi connectivity index (χ2n) is 3.69. The fraction of sp³-hybridized carbons (Fsp3) is 0.625. The van der Waals surface area contributed by atoms with Gasteiger partial charge in [-0.2, -0.15) is 0 Å². The molecule has 1 aromatic heterocycles. The summed E-state index contributed by atoms with van der Waals surface area (Å²) in [5.74, 6) is -0.307. The summed E-state index contributed by atoms with van der Waals surface area (Å²) in [4.78, 5) is 3.74. The largest absolute Gasteiger partial charge is 0.394 e. The SMILES string of the molecule is N=C(N)c1ncn([C@@H]2O[C@H](CO)[C@@H](O)C2O)n1. The van der Waals surface area contributed by atoms with Gasteiger partial charge in [0.25, 0.3) is 0 Å². The normalized spacial score (nSPS) is 32.9. The van der Waals surface area contributed by atoms with Crippen LogP contribution in [0.15, 0.2) is 6.33 Å². The number of aliphatic hydroxyl groups is 3. The van der Waals surface area contributed by atoms with Gasteiger partial charge in [0.15, 0.2) is 12.1 Å². The van der Waals surface area contributed by atoms with E-state index >= 15 is 0 Å². The third-order valence-corrected chi connectivity index (χ3v) is 2.53. The number of aliphatic hydroxyl groups excluding tert-OH is 3. The zero-order valence-electron chi connectivity index (χ0n) is 8.76. The van der Waals surface area contributed by atoms with Crippen molar-refractivity contribution in [2.24, 2.45) is 5.73 Å². The molecule has 2 heterocycles. The third kappa shape index (κ3) is 2.00. The van der Waals surface area contributed by atoms with Crippen LogP contribution in [0.5, 0.6) is 0 Å². The Bertz CT molecular complexity index is 422. The highest BCUT2D eigenvalue weighted by Crippen LogP contribution is 2.28. The van der Waals surface area contributed by atoms with Crippen LogP contribution in [0.4, 0.5) is 0 Å². The molecule has 94 valence electrons. The van der Waals surface area contributed by atoms with Gasteiger partial charge in [-0.25, -0.2) is 9.67 Å². The smallest absolute Gasteiger partial charge is 0.215 e. The van der Waals surface area contributed by atoms with Crippen molar-refractivity contribution in [2.75, 3.05) is 6.61 Å². The number of nitrogens with two attached hydrogens (primary N) is 1. The molecule has 9 heteroatoms. The molecule has 1 aliphatic heterocycles. The Balaban J connectivity index is 2.19. The quantitative estimate of drug-likeness (QED) is 0.283. The number of rotatable bonds is 3. The van der Waals surface area contributed by atoms with Crippen LogP contribution in [0.1, 0.15) is 12.1 Å². The number of nitrogens with one attached hydrogen (secondary N) is 1. The van der Waals surface area contributed by atoms with E-state index in [1.165, 1.54) is 6.33 Å². The molecule has 1 unspecified atom stereocenters. The number of aromatic nitrogens is 3. The average Bonchev–Trinajstić information content (AvgIpc) is 2.87. The van der Waals surface area contributed by atoms with Crippen LogP contribution in [0.2, 0.25) is 0 Å². The average molecular weight is 243 g/mol. The lowest BCUT2D eigenvalue weighted by Gasteiger charge is -2.13. The van der Waals surface area contributed by atoms with Crippen LogP contribution >= 0.6 is 0 Å². The topological polar surface area (TPSA) is 150 Å². The monoisotopic (exact) mass is 243 g/mol. The van der Waals surface area contributed by atoms with Gasteiger partial charge in [0, 0.05) is 0 Å². The first kappa shape index (κ1) is 11.9. The van der Waals surface area contributed by atoms with E-state index in [2.05, 4.69) is 10.1 Å². The molecule has 2 rings (SSSR count). The summed E-state index contributed by atoms with van der Waals surface area (Å²) in [5.41, 5.74) is 5.19. The van der Waals surface area contributed by atoms with E-state index in [0.29, 0.717) is 0 Å². The molecule has 0 saturated carbocycles. The fourth-order valence-corrected chi connectivity index (χ4v) is 1.62. The minimum Gasteiger partial charge on any atom is -0.394 e. The van der Waals surface area contributed by atoms with Crippen molar-refractivity contribution in [3.05, 3.63) is 12.2 Å². The molecule has 1 saturated heterocycles. The number of ether oxygens (including phenoxy) is 1. The minimum absolute atomic E-state index is 0.00254. The summed E-state index contributed by atoms with van der Waals surface area (Å²) in [5, 5.41) is 39.1. The Hall–Kier alpha value is -1.55. The highest BCUT2D eigenvalue weighted by molar-refractivity contribution is 5.90. The number of amidine groups is 1. The van der Waals surface area contributed by atoms with Crippen molar-refractivity contribution < 1.29 is 20.1 Å². The molecule has 4 atom stereocenters. The zero-order valence-corrected chi connectivity index (χ0v) is 8.76. The predicted molar refractivity (Wildman–Crippen MR) is 54.0 cm³/mol.